The lowest BCUT2D eigenvalue weighted by atomic mass is 9.90. The number of nitrogens with one attached hydrogen (secondary N) is 2. The molecule has 4 nitrogen and oxygen atoms in total. The third-order valence-corrected chi connectivity index (χ3v) is 4.29. The first-order valence-electron chi connectivity index (χ1n) is 8.37. The standard InChI is InChI=1S/C18H28N2O2/c1-14(12-19-2)18(21)20-16-8-10-17(11-9-16)22-13-15-6-4-3-5-7-15/h8-11,14-15,19H,3-7,12-13H2,1-2H3,(H,20,21). The molecular formula is C18H28N2O2. The Bertz CT molecular complexity index is 453. The molecule has 0 bridgehead atoms. The van der Waals surface area contributed by atoms with Gasteiger partial charge in [0.05, 0.1) is 6.61 Å². The average molecular weight is 304 g/mol. The third kappa shape index (κ3) is 5.34. The molecule has 122 valence electrons. The van der Waals surface area contributed by atoms with Crippen LogP contribution in [0.2, 0.25) is 0 Å². The lowest BCUT2D eigenvalue weighted by Gasteiger charge is -2.21. The Morgan fingerprint density at radius 2 is 1.91 bits per heavy atom. The van der Waals surface area contributed by atoms with Crippen LogP contribution in [0.3, 0.4) is 0 Å². The van der Waals surface area contributed by atoms with E-state index >= 15 is 0 Å². The summed E-state index contributed by atoms with van der Waals surface area (Å²) in [5, 5.41) is 5.93. The fraction of sp³-hybridized carbons (Fsp3) is 0.611. The molecule has 0 aliphatic heterocycles. The van der Waals surface area contributed by atoms with Gasteiger partial charge in [0.2, 0.25) is 5.91 Å². The lowest BCUT2D eigenvalue weighted by molar-refractivity contribution is -0.119. The van der Waals surface area contributed by atoms with Crippen LogP contribution in [0.5, 0.6) is 5.75 Å². The van der Waals surface area contributed by atoms with Gasteiger partial charge in [0, 0.05) is 18.2 Å². The molecule has 0 heterocycles. The molecule has 0 saturated heterocycles. The molecule has 2 N–H and O–H groups in total. The Hall–Kier alpha value is -1.55. The number of hydrogen-bond acceptors (Lipinski definition) is 3. The van der Waals surface area contributed by atoms with Gasteiger partial charge in [-0.25, -0.2) is 0 Å². The molecule has 4 heteroatoms. The van der Waals surface area contributed by atoms with Crippen LogP contribution in [0.25, 0.3) is 0 Å². The molecule has 22 heavy (non-hydrogen) atoms. The molecule has 1 aromatic rings. The van der Waals surface area contributed by atoms with E-state index in [1.807, 2.05) is 38.2 Å². The van der Waals surface area contributed by atoms with Crippen molar-refractivity contribution in [2.24, 2.45) is 11.8 Å². The first-order chi connectivity index (χ1) is 10.7. The molecule has 0 spiro atoms. The Labute approximate surface area is 133 Å². The van der Waals surface area contributed by atoms with Gasteiger partial charge in [-0.1, -0.05) is 26.2 Å². The van der Waals surface area contributed by atoms with Gasteiger partial charge >= 0.3 is 0 Å². The highest BCUT2D eigenvalue weighted by atomic mass is 16.5. The molecule has 1 saturated carbocycles. The fourth-order valence-corrected chi connectivity index (χ4v) is 2.87. The van der Waals surface area contributed by atoms with Crippen LogP contribution in [0, 0.1) is 11.8 Å². The van der Waals surface area contributed by atoms with E-state index in [1.165, 1.54) is 32.1 Å². The SMILES string of the molecule is CNCC(C)C(=O)Nc1ccc(OCC2CCCCC2)cc1. The third-order valence-electron chi connectivity index (χ3n) is 4.29. The summed E-state index contributed by atoms with van der Waals surface area (Å²) in [5.41, 5.74) is 0.818. The van der Waals surface area contributed by atoms with E-state index in [-0.39, 0.29) is 11.8 Å². The molecule has 1 unspecified atom stereocenters. The van der Waals surface area contributed by atoms with Gasteiger partial charge in [0.1, 0.15) is 5.75 Å². The van der Waals surface area contributed by atoms with Crippen molar-refractivity contribution in [3.05, 3.63) is 24.3 Å². The number of carbonyl (C=O) groups excluding carboxylic acids is 1. The Kier molecular flexibility index (Phi) is 6.72. The van der Waals surface area contributed by atoms with Crippen molar-refractivity contribution in [1.29, 1.82) is 0 Å². The van der Waals surface area contributed by atoms with Crippen LogP contribution >= 0.6 is 0 Å². The summed E-state index contributed by atoms with van der Waals surface area (Å²) in [6.45, 7) is 3.40. The minimum atomic E-state index is -0.0489. The maximum atomic E-state index is 11.9. The van der Waals surface area contributed by atoms with E-state index in [1.54, 1.807) is 0 Å². The molecule has 1 aromatic carbocycles. The van der Waals surface area contributed by atoms with E-state index in [2.05, 4.69) is 10.6 Å². The van der Waals surface area contributed by atoms with Crippen molar-refractivity contribution in [3.8, 4) is 5.75 Å². The quantitative estimate of drug-likeness (QED) is 0.811. The number of rotatable bonds is 7. The summed E-state index contributed by atoms with van der Waals surface area (Å²) in [5.74, 6) is 1.57. The van der Waals surface area contributed by atoms with E-state index in [0.29, 0.717) is 12.5 Å². The van der Waals surface area contributed by atoms with E-state index < -0.39 is 0 Å². The molecule has 1 atom stereocenters. The van der Waals surface area contributed by atoms with Crippen molar-refractivity contribution < 1.29 is 9.53 Å². The van der Waals surface area contributed by atoms with Crippen molar-refractivity contribution in [1.82, 2.24) is 5.32 Å². The summed E-state index contributed by atoms with van der Waals surface area (Å²) in [6, 6.07) is 7.67. The smallest absolute Gasteiger partial charge is 0.228 e. The topological polar surface area (TPSA) is 50.4 Å². The van der Waals surface area contributed by atoms with Crippen LogP contribution < -0.4 is 15.4 Å². The van der Waals surface area contributed by atoms with Crippen molar-refractivity contribution in [3.63, 3.8) is 0 Å². The number of hydrogen-bond donors (Lipinski definition) is 2. The van der Waals surface area contributed by atoms with Gasteiger partial charge < -0.3 is 15.4 Å². The van der Waals surface area contributed by atoms with Crippen molar-refractivity contribution in [2.45, 2.75) is 39.0 Å². The highest BCUT2D eigenvalue weighted by molar-refractivity contribution is 5.92. The van der Waals surface area contributed by atoms with Gasteiger partial charge in [-0.2, -0.15) is 0 Å². The highest BCUT2D eigenvalue weighted by Crippen LogP contribution is 2.25. The second kappa shape index (κ2) is 8.79. The summed E-state index contributed by atoms with van der Waals surface area (Å²) in [4.78, 5) is 11.9. The minimum absolute atomic E-state index is 0.0326. The Morgan fingerprint density at radius 3 is 2.55 bits per heavy atom. The summed E-state index contributed by atoms with van der Waals surface area (Å²) in [6.07, 6.45) is 6.62. The number of ether oxygens (including phenoxy) is 1. The van der Waals surface area contributed by atoms with E-state index in [0.717, 1.165) is 18.0 Å². The second-order valence-corrected chi connectivity index (χ2v) is 6.29. The monoisotopic (exact) mass is 304 g/mol. The van der Waals surface area contributed by atoms with Crippen LogP contribution in [0.15, 0.2) is 24.3 Å². The maximum absolute atomic E-state index is 11.9. The summed E-state index contributed by atoms with van der Waals surface area (Å²) >= 11 is 0. The lowest BCUT2D eigenvalue weighted by Crippen LogP contribution is -2.28. The number of carbonyl (C=O) groups is 1. The van der Waals surface area contributed by atoms with Gasteiger partial charge in [-0.05, 0) is 50.1 Å². The second-order valence-electron chi connectivity index (χ2n) is 6.29. The molecule has 1 fully saturated rings. The van der Waals surface area contributed by atoms with E-state index in [4.69, 9.17) is 4.74 Å². The van der Waals surface area contributed by atoms with Gasteiger partial charge in [-0.3, -0.25) is 4.79 Å². The van der Waals surface area contributed by atoms with Gasteiger partial charge in [0.25, 0.3) is 0 Å². The van der Waals surface area contributed by atoms with Gasteiger partial charge in [-0.15, -0.1) is 0 Å². The van der Waals surface area contributed by atoms with Crippen molar-refractivity contribution >= 4 is 11.6 Å². The van der Waals surface area contributed by atoms with Crippen LogP contribution in [0.1, 0.15) is 39.0 Å². The van der Waals surface area contributed by atoms with Crippen LogP contribution in [0.4, 0.5) is 5.69 Å². The molecule has 0 radical (unpaired) electrons. The first kappa shape index (κ1) is 16.8. The molecule has 0 aromatic heterocycles. The average Bonchev–Trinajstić information content (AvgIpc) is 2.55. The number of amides is 1. The largest absolute Gasteiger partial charge is 0.493 e. The first-order valence-corrected chi connectivity index (χ1v) is 8.37. The van der Waals surface area contributed by atoms with E-state index in [9.17, 15) is 4.79 Å². The highest BCUT2D eigenvalue weighted by Gasteiger charge is 2.14. The number of benzene rings is 1. The molecule has 2 rings (SSSR count). The zero-order valence-electron chi connectivity index (χ0n) is 13.7. The maximum Gasteiger partial charge on any atom is 0.228 e. The normalized spacial score (nSPS) is 17.0. The zero-order chi connectivity index (χ0) is 15.8. The predicted molar refractivity (Wildman–Crippen MR) is 90.2 cm³/mol. The minimum Gasteiger partial charge on any atom is -0.493 e. The van der Waals surface area contributed by atoms with Crippen LogP contribution in [-0.4, -0.2) is 26.1 Å². The summed E-state index contributed by atoms with van der Waals surface area (Å²) in [7, 11) is 1.85. The fourth-order valence-electron chi connectivity index (χ4n) is 2.87. The number of anilines is 1. The predicted octanol–water partition coefficient (Wildman–Crippen LogP) is 3.44. The Balaban J connectivity index is 1.78. The van der Waals surface area contributed by atoms with Crippen LogP contribution in [-0.2, 0) is 4.79 Å². The van der Waals surface area contributed by atoms with Crippen molar-refractivity contribution in [2.75, 3.05) is 25.5 Å². The molecule has 1 aliphatic carbocycles. The van der Waals surface area contributed by atoms with Gasteiger partial charge in [0.15, 0.2) is 0 Å². The Morgan fingerprint density at radius 1 is 1.23 bits per heavy atom. The molecular weight excluding hydrogens is 276 g/mol. The zero-order valence-corrected chi connectivity index (χ0v) is 13.7. The molecule has 1 aliphatic rings. The molecule has 1 amide bonds. The summed E-state index contributed by atoms with van der Waals surface area (Å²) < 4.78 is 5.87.